The molecule has 0 bridgehead atoms. The largest absolute Gasteiger partial charge is 0.416 e. The van der Waals surface area contributed by atoms with Crippen LogP contribution >= 0.6 is 22.9 Å². The predicted molar refractivity (Wildman–Crippen MR) is 107 cm³/mol. The SMILES string of the molecule is CC(C)(O)CC(=O)CCCc1nn2ccc(C(F)(F)F)cc2c1-c1ccc(Cl)s1. The van der Waals surface area contributed by atoms with Crippen LogP contribution in [0.15, 0.2) is 30.5 Å². The van der Waals surface area contributed by atoms with Crippen molar-refractivity contribution in [2.75, 3.05) is 0 Å². The van der Waals surface area contributed by atoms with Crippen molar-refractivity contribution in [3.05, 3.63) is 46.1 Å². The lowest BCUT2D eigenvalue weighted by atomic mass is 9.98. The number of carbonyl (C=O) groups excluding carboxylic acids is 1. The number of fused-ring (bicyclic) bond motifs is 1. The van der Waals surface area contributed by atoms with Crippen LogP contribution in [-0.2, 0) is 17.4 Å². The van der Waals surface area contributed by atoms with Gasteiger partial charge in [0.2, 0.25) is 0 Å². The van der Waals surface area contributed by atoms with E-state index in [4.69, 9.17) is 11.6 Å². The summed E-state index contributed by atoms with van der Waals surface area (Å²) in [7, 11) is 0. The van der Waals surface area contributed by atoms with Crippen molar-refractivity contribution in [3.63, 3.8) is 0 Å². The Kier molecular flexibility index (Phi) is 6.08. The normalized spacial score (nSPS) is 12.7. The average Bonchev–Trinajstić information content (AvgIpc) is 3.14. The monoisotopic (exact) mass is 444 g/mol. The van der Waals surface area contributed by atoms with E-state index in [9.17, 15) is 23.1 Å². The third kappa shape index (κ3) is 5.38. The summed E-state index contributed by atoms with van der Waals surface area (Å²) in [6, 6.07) is 5.52. The first-order valence-electron chi connectivity index (χ1n) is 9.02. The molecule has 3 rings (SSSR count). The maximum Gasteiger partial charge on any atom is 0.416 e. The number of aliphatic hydroxyl groups is 1. The molecule has 0 amide bonds. The number of pyridine rings is 1. The van der Waals surface area contributed by atoms with Crippen LogP contribution in [0.4, 0.5) is 13.2 Å². The quantitative estimate of drug-likeness (QED) is 0.502. The Morgan fingerprint density at radius 1 is 1.28 bits per heavy atom. The molecular weight excluding hydrogens is 425 g/mol. The number of alkyl halides is 3. The fourth-order valence-corrected chi connectivity index (χ4v) is 4.31. The number of nitrogens with zero attached hydrogens (tertiary/aromatic N) is 2. The van der Waals surface area contributed by atoms with Gasteiger partial charge in [-0.05, 0) is 51.0 Å². The fourth-order valence-electron chi connectivity index (χ4n) is 3.19. The highest BCUT2D eigenvalue weighted by Gasteiger charge is 2.31. The van der Waals surface area contributed by atoms with Crippen molar-refractivity contribution >= 4 is 34.2 Å². The minimum atomic E-state index is -4.46. The zero-order chi connectivity index (χ0) is 21.4. The molecule has 3 aromatic heterocycles. The van der Waals surface area contributed by atoms with E-state index < -0.39 is 17.3 Å². The van der Waals surface area contributed by atoms with Crippen LogP contribution in [0.25, 0.3) is 16.0 Å². The molecule has 0 saturated carbocycles. The number of hydrogen-bond acceptors (Lipinski definition) is 4. The average molecular weight is 445 g/mol. The Morgan fingerprint density at radius 2 is 2.00 bits per heavy atom. The molecule has 0 aromatic carbocycles. The molecule has 0 fully saturated rings. The van der Waals surface area contributed by atoms with Gasteiger partial charge in [0.15, 0.2) is 0 Å². The van der Waals surface area contributed by atoms with Crippen molar-refractivity contribution in [1.82, 2.24) is 9.61 Å². The van der Waals surface area contributed by atoms with E-state index in [1.807, 2.05) is 0 Å². The summed E-state index contributed by atoms with van der Waals surface area (Å²) in [5.41, 5.74) is -0.258. The maximum atomic E-state index is 13.2. The summed E-state index contributed by atoms with van der Waals surface area (Å²) in [5, 5.41) is 14.2. The van der Waals surface area contributed by atoms with Gasteiger partial charge < -0.3 is 5.11 Å². The number of aromatic nitrogens is 2. The van der Waals surface area contributed by atoms with Gasteiger partial charge in [-0.1, -0.05) is 11.6 Å². The van der Waals surface area contributed by atoms with Gasteiger partial charge in [0, 0.05) is 29.5 Å². The molecule has 4 nitrogen and oxygen atoms in total. The fraction of sp³-hybridized carbons (Fsp3) is 0.400. The standard InChI is InChI=1S/C20H20ClF3N2O2S/c1-19(2,28)11-13(27)4-3-5-14-18(16-6-7-17(21)29-16)15-10-12(20(22,23)24)8-9-26(15)25-14/h6-10,28H,3-5,11H2,1-2H3. The van der Waals surface area contributed by atoms with Gasteiger partial charge in [0.1, 0.15) is 5.78 Å². The van der Waals surface area contributed by atoms with E-state index in [-0.39, 0.29) is 18.6 Å². The van der Waals surface area contributed by atoms with Crippen LogP contribution in [0.3, 0.4) is 0 Å². The van der Waals surface area contributed by atoms with Crippen molar-refractivity contribution in [2.45, 2.75) is 51.3 Å². The molecule has 0 radical (unpaired) electrons. The molecule has 29 heavy (non-hydrogen) atoms. The van der Waals surface area contributed by atoms with Crippen molar-refractivity contribution in [2.24, 2.45) is 0 Å². The van der Waals surface area contributed by atoms with E-state index in [1.165, 1.54) is 22.0 Å². The van der Waals surface area contributed by atoms with Crippen molar-refractivity contribution < 1.29 is 23.1 Å². The highest BCUT2D eigenvalue weighted by molar-refractivity contribution is 7.19. The molecule has 0 aliphatic heterocycles. The molecule has 1 N–H and O–H groups in total. The van der Waals surface area contributed by atoms with Gasteiger partial charge in [-0.2, -0.15) is 18.3 Å². The minimum Gasteiger partial charge on any atom is -0.390 e. The molecule has 0 atom stereocenters. The molecule has 0 aliphatic carbocycles. The number of rotatable bonds is 7. The zero-order valence-corrected chi connectivity index (χ0v) is 17.5. The van der Waals surface area contributed by atoms with Gasteiger partial charge >= 0.3 is 6.18 Å². The first-order chi connectivity index (χ1) is 13.4. The van der Waals surface area contributed by atoms with Gasteiger partial charge in [0.25, 0.3) is 0 Å². The number of halogens is 4. The number of aryl methyl sites for hydroxylation is 1. The molecule has 9 heteroatoms. The van der Waals surface area contributed by atoms with Crippen LogP contribution in [0.2, 0.25) is 4.34 Å². The summed E-state index contributed by atoms with van der Waals surface area (Å²) in [4.78, 5) is 12.7. The number of hydrogen-bond donors (Lipinski definition) is 1. The first-order valence-corrected chi connectivity index (χ1v) is 10.2. The van der Waals surface area contributed by atoms with Crippen LogP contribution < -0.4 is 0 Å². The highest BCUT2D eigenvalue weighted by atomic mass is 35.5. The maximum absolute atomic E-state index is 13.2. The smallest absolute Gasteiger partial charge is 0.390 e. The predicted octanol–water partition coefficient (Wildman–Crippen LogP) is 5.79. The molecule has 3 aromatic rings. The number of thiophene rings is 1. The molecule has 0 aliphatic rings. The number of ketones is 1. The van der Waals surface area contributed by atoms with Crippen LogP contribution in [0, 0.1) is 0 Å². The molecule has 0 saturated heterocycles. The third-order valence-electron chi connectivity index (χ3n) is 4.35. The third-order valence-corrected chi connectivity index (χ3v) is 5.60. The van der Waals surface area contributed by atoms with E-state index >= 15 is 0 Å². The Hall–Kier alpha value is -1.90. The van der Waals surface area contributed by atoms with Gasteiger partial charge in [0.05, 0.1) is 26.7 Å². The lowest BCUT2D eigenvalue weighted by Gasteiger charge is -2.15. The van der Waals surface area contributed by atoms with Gasteiger partial charge in [-0.25, -0.2) is 4.52 Å². The van der Waals surface area contributed by atoms with E-state index in [2.05, 4.69) is 5.10 Å². The zero-order valence-electron chi connectivity index (χ0n) is 15.9. The molecular formula is C20H20ClF3N2O2S. The summed E-state index contributed by atoms with van der Waals surface area (Å²) in [6.45, 7) is 3.15. The second kappa shape index (κ2) is 8.08. The summed E-state index contributed by atoms with van der Waals surface area (Å²) >= 11 is 7.30. The van der Waals surface area contributed by atoms with E-state index in [0.29, 0.717) is 34.0 Å². The van der Waals surface area contributed by atoms with E-state index in [0.717, 1.165) is 17.0 Å². The lowest BCUT2D eigenvalue weighted by molar-refractivity contribution is -0.137. The topological polar surface area (TPSA) is 54.6 Å². The van der Waals surface area contributed by atoms with Gasteiger partial charge in [-0.3, -0.25) is 4.79 Å². The highest BCUT2D eigenvalue weighted by Crippen LogP contribution is 2.38. The Labute approximate surface area is 174 Å². The molecule has 0 unspecified atom stereocenters. The van der Waals surface area contributed by atoms with Crippen LogP contribution in [0.5, 0.6) is 0 Å². The molecule has 3 heterocycles. The van der Waals surface area contributed by atoms with Crippen LogP contribution in [0.1, 0.15) is 44.4 Å². The Balaban J connectivity index is 1.93. The minimum absolute atomic E-state index is 0.0560. The summed E-state index contributed by atoms with van der Waals surface area (Å²) < 4.78 is 41.5. The molecule has 156 valence electrons. The second-order valence-corrected chi connectivity index (χ2v) is 9.26. The lowest BCUT2D eigenvalue weighted by Crippen LogP contribution is -2.23. The number of Topliss-reactive ketones (excluding diaryl/α,β-unsaturated/α-hetero) is 1. The summed E-state index contributed by atoms with van der Waals surface area (Å²) in [6.07, 6.45) is -1.95. The summed E-state index contributed by atoms with van der Waals surface area (Å²) in [5.74, 6) is -0.0682. The van der Waals surface area contributed by atoms with E-state index in [1.54, 1.807) is 26.0 Å². The van der Waals surface area contributed by atoms with Crippen molar-refractivity contribution in [1.29, 1.82) is 0 Å². The Bertz CT molecular complexity index is 1030. The van der Waals surface area contributed by atoms with Crippen molar-refractivity contribution in [3.8, 4) is 10.4 Å². The van der Waals surface area contributed by atoms with Gasteiger partial charge in [-0.15, -0.1) is 11.3 Å². The Morgan fingerprint density at radius 3 is 2.59 bits per heavy atom. The number of carbonyl (C=O) groups is 1. The van der Waals surface area contributed by atoms with Crippen LogP contribution in [-0.4, -0.2) is 26.1 Å². The second-order valence-electron chi connectivity index (χ2n) is 7.55. The molecule has 0 spiro atoms. The first kappa shape index (κ1) is 21.8.